The number of aromatic nitrogens is 1. The lowest BCUT2D eigenvalue weighted by Crippen LogP contribution is -2.56. The topological polar surface area (TPSA) is 138 Å². The molecule has 2 heterocycles. The van der Waals surface area contributed by atoms with Gasteiger partial charge in [-0.3, -0.25) is 14.2 Å². The number of nitrogens with zero attached hydrogens (tertiary/aromatic N) is 3. The lowest BCUT2D eigenvalue weighted by Gasteiger charge is -2.35. The SMILES string of the molecule is CCOP(=O)(C[C@H](NC(=O)c1nc(-c2ccccc2)sc1-c1ccccc1)C(=O)N1CCN(C(=O)O)CC1)OCC. The summed E-state index contributed by atoms with van der Waals surface area (Å²) >= 11 is 1.36. The Hall–Kier alpha value is -3.57. The van der Waals surface area contributed by atoms with Crippen LogP contribution in [0.5, 0.6) is 0 Å². The van der Waals surface area contributed by atoms with Crippen LogP contribution in [0.1, 0.15) is 24.3 Å². The van der Waals surface area contributed by atoms with Crippen molar-refractivity contribution in [2.24, 2.45) is 0 Å². The molecule has 1 fully saturated rings. The van der Waals surface area contributed by atoms with Gasteiger partial charge in [0, 0.05) is 31.7 Å². The molecule has 1 saturated heterocycles. The molecule has 0 bridgehead atoms. The van der Waals surface area contributed by atoms with Crippen LogP contribution in [0, 0.1) is 0 Å². The predicted molar refractivity (Wildman–Crippen MR) is 156 cm³/mol. The first kappa shape index (κ1) is 30.4. The number of carbonyl (C=O) groups is 3. The number of hydrogen-bond acceptors (Lipinski definition) is 8. The molecule has 41 heavy (non-hydrogen) atoms. The monoisotopic (exact) mass is 600 g/mol. The molecule has 1 aliphatic rings. The fraction of sp³-hybridized carbons (Fsp3) is 0.357. The standard InChI is InChI=1S/C28H33N4O7PS/c1-3-38-40(37,39-4-2)19-22(27(34)31-15-17-32(18-16-31)28(35)36)29-25(33)23-24(20-11-7-5-8-12-20)41-26(30-23)21-13-9-6-10-14-21/h5-14,22H,3-4,15-19H2,1-2H3,(H,29,33)(H,35,36)/t22-/m0/s1. The van der Waals surface area contributed by atoms with Gasteiger partial charge in [0.1, 0.15) is 16.7 Å². The number of hydrogen-bond donors (Lipinski definition) is 2. The Kier molecular flexibility index (Phi) is 10.3. The highest BCUT2D eigenvalue weighted by molar-refractivity contribution is 7.54. The van der Waals surface area contributed by atoms with Gasteiger partial charge in [0.25, 0.3) is 5.91 Å². The van der Waals surface area contributed by atoms with E-state index in [1.54, 1.807) is 13.8 Å². The zero-order valence-electron chi connectivity index (χ0n) is 22.9. The van der Waals surface area contributed by atoms with E-state index in [-0.39, 0.29) is 51.2 Å². The van der Waals surface area contributed by atoms with Gasteiger partial charge in [-0.1, -0.05) is 60.7 Å². The molecule has 2 N–H and O–H groups in total. The maximum atomic E-state index is 13.8. The maximum absolute atomic E-state index is 13.8. The summed E-state index contributed by atoms with van der Waals surface area (Å²) < 4.78 is 24.4. The number of thiazole rings is 1. The lowest BCUT2D eigenvalue weighted by atomic mass is 10.1. The van der Waals surface area contributed by atoms with Crippen molar-refractivity contribution in [1.29, 1.82) is 0 Å². The highest BCUT2D eigenvalue weighted by Gasteiger charge is 2.38. The van der Waals surface area contributed by atoms with Crippen LogP contribution >= 0.6 is 18.9 Å². The molecule has 0 unspecified atom stereocenters. The molecule has 3 amide bonds. The molecule has 218 valence electrons. The van der Waals surface area contributed by atoms with Gasteiger partial charge in [0.05, 0.1) is 24.3 Å². The van der Waals surface area contributed by atoms with E-state index < -0.39 is 31.5 Å². The van der Waals surface area contributed by atoms with Crippen molar-refractivity contribution in [3.8, 4) is 21.0 Å². The first-order chi connectivity index (χ1) is 19.7. The third-order valence-corrected chi connectivity index (χ3v) is 9.69. The zero-order valence-corrected chi connectivity index (χ0v) is 24.6. The van der Waals surface area contributed by atoms with Gasteiger partial charge in [0.2, 0.25) is 5.91 Å². The van der Waals surface area contributed by atoms with Gasteiger partial charge < -0.3 is 29.3 Å². The van der Waals surface area contributed by atoms with Crippen molar-refractivity contribution < 1.29 is 33.1 Å². The Balaban J connectivity index is 1.67. The van der Waals surface area contributed by atoms with E-state index in [1.165, 1.54) is 21.1 Å². The Labute approximate surface area is 242 Å². The van der Waals surface area contributed by atoms with Crippen LogP contribution in [0.25, 0.3) is 21.0 Å². The summed E-state index contributed by atoms with van der Waals surface area (Å²) in [5.41, 5.74) is 1.77. The van der Waals surface area contributed by atoms with Crippen LogP contribution in [-0.4, -0.2) is 89.4 Å². The summed E-state index contributed by atoms with van der Waals surface area (Å²) in [6, 6.07) is 17.6. The van der Waals surface area contributed by atoms with E-state index in [1.807, 2.05) is 60.7 Å². The molecule has 1 aliphatic heterocycles. The van der Waals surface area contributed by atoms with Gasteiger partial charge in [-0.05, 0) is 19.4 Å². The number of benzene rings is 2. The number of rotatable bonds is 11. The second-order valence-electron chi connectivity index (χ2n) is 9.18. The normalized spacial score (nSPS) is 14.5. The number of carbonyl (C=O) groups excluding carboxylic acids is 2. The second-order valence-corrected chi connectivity index (χ2v) is 12.3. The molecule has 11 nitrogen and oxygen atoms in total. The van der Waals surface area contributed by atoms with E-state index in [0.717, 1.165) is 11.1 Å². The van der Waals surface area contributed by atoms with Crippen molar-refractivity contribution in [2.45, 2.75) is 19.9 Å². The van der Waals surface area contributed by atoms with E-state index in [9.17, 15) is 24.1 Å². The summed E-state index contributed by atoms with van der Waals surface area (Å²) in [6.07, 6.45) is -1.44. The molecule has 0 spiro atoms. The molecule has 0 saturated carbocycles. The summed E-state index contributed by atoms with van der Waals surface area (Å²) in [5, 5.41) is 12.7. The van der Waals surface area contributed by atoms with Crippen molar-refractivity contribution in [2.75, 3.05) is 45.6 Å². The highest BCUT2D eigenvalue weighted by atomic mass is 32.1. The predicted octanol–water partition coefficient (Wildman–Crippen LogP) is 4.66. The molecule has 13 heteroatoms. The van der Waals surface area contributed by atoms with Crippen LogP contribution in [-0.2, 0) is 18.4 Å². The van der Waals surface area contributed by atoms with Crippen LogP contribution in [0.3, 0.4) is 0 Å². The first-order valence-corrected chi connectivity index (χ1v) is 15.9. The summed E-state index contributed by atoms with van der Waals surface area (Å²) in [6.45, 7) is 4.03. The molecular formula is C28H33N4O7PS. The molecule has 1 aromatic heterocycles. The fourth-order valence-electron chi connectivity index (χ4n) is 4.47. The molecule has 2 aromatic carbocycles. The minimum atomic E-state index is -3.75. The maximum Gasteiger partial charge on any atom is 0.407 e. The lowest BCUT2D eigenvalue weighted by molar-refractivity contribution is -0.134. The third kappa shape index (κ3) is 7.59. The fourth-order valence-corrected chi connectivity index (χ4v) is 7.31. The average Bonchev–Trinajstić information content (AvgIpc) is 3.43. The minimum Gasteiger partial charge on any atom is -0.465 e. The van der Waals surface area contributed by atoms with Gasteiger partial charge >= 0.3 is 13.7 Å². The largest absolute Gasteiger partial charge is 0.465 e. The average molecular weight is 601 g/mol. The molecule has 0 radical (unpaired) electrons. The summed E-state index contributed by atoms with van der Waals surface area (Å²) in [5.74, 6) is -1.10. The van der Waals surface area contributed by atoms with Crippen LogP contribution in [0.15, 0.2) is 60.7 Å². The molecule has 1 atom stereocenters. The Morgan fingerprint density at radius 3 is 2.00 bits per heavy atom. The zero-order chi connectivity index (χ0) is 29.4. The van der Waals surface area contributed by atoms with Crippen LogP contribution < -0.4 is 5.32 Å². The quantitative estimate of drug-likeness (QED) is 0.303. The molecular weight excluding hydrogens is 567 g/mol. The van der Waals surface area contributed by atoms with Crippen molar-refractivity contribution >= 4 is 36.8 Å². The van der Waals surface area contributed by atoms with Crippen molar-refractivity contribution in [3.05, 3.63) is 66.4 Å². The van der Waals surface area contributed by atoms with Gasteiger partial charge in [-0.2, -0.15) is 0 Å². The van der Waals surface area contributed by atoms with E-state index in [4.69, 9.17) is 9.05 Å². The Bertz CT molecular complexity index is 1380. The number of carboxylic acid groups (broad SMARTS) is 1. The van der Waals surface area contributed by atoms with E-state index >= 15 is 0 Å². The number of piperazine rings is 1. The van der Waals surface area contributed by atoms with Gasteiger partial charge in [-0.25, -0.2) is 9.78 Å². The third-order valence-electron chi connectivity index (χ3n) is 6.42. The molecule has 0 aliphatic carbocycles. The molecule has 3 aromatic rings. The van der Waals surface area contributed by atoms with Crippen LogP contribution in [0.2, 0.25) is 0 Å². The Morgan fingerprint density at radius 1 is 0.927 bits per heavy atom. The first-order valence-electron chi connectivity index (χ1n) is 13.3. The smallest absolute Gasteiger partial charge is 0.407 e. The summed E-state index contributed by atoms with van der Waals surface area (Å²) in [7, 11) is -3.75. The number of nitrogens with one attached hydrogen (secondary N) is 1. The minimum absolute atomic E-state index is 0.0914. The second kappa shape index (κ2) is 13.9. The van der Waals surface area contributed by atoms with Crippen molar-refractivity contribution in [1.82, 2.24) is 20.1 Å². The number of amides is 3. The van der Waals surface area contributed by atoms with E-state index in [0.29, 0.717) is 9.88 Å². The van der Waals surface area contributed by atoms with Crippen molar-refractivity contribution in [3.63, 3.8) is 0 Å². The van der Waals surface area contributed by atoms with E-state index in [2.05, 4.69) is 10.3 Å². The van der Waals surface area contributed by atoms with Gasteiger partial charge in [0.15, 0.2) is 0 Å². The van der Waals surface area contributed by atoms with Crippen LogP contribution in [0.4, 0.5) is 4.79 Å². The highest BCUT2D eigenvalue weighted by Crippen LogP contribution is 2.48. The Morgan fingerprint density at radius 2 is 1.46 bits per heavy atom. The molecule has 4 rings (SSSR count). The van der Waals surface area contributed by atoms with Gasteiger partial charge in [-0.15, -0.1) is 11.3 Å². The summed E-state index contributed by atoms with van der Waals surface area (Å²) in [4.78, 5) is 46.8.